The molecule has 1 aliphatic rings. The third-order valence-electron chi connectivity index (χ3n) is 2.82. The molecule has 0 aromatic heterocycles. The summed E-state index contributed by atoms with van der Waals surface area (Å²) in [5.41, 5.74) is 1.34. The fraction of sp³-hybridized carbons (Fsp3) is 0.833. The molecule has 15 heavy (non-hydrogen) atoms. The van der Waals surface area contributed by atoms with Crippen LogP contribution in [0.5, 0.6) is 0 Å². The van der Waals surface area contributed by atoms with Gasteiger partial charge in [-0.25, -0.2) is 0 Å². The molecule has 0 aromatic rings. The first kappa shape index (κ1) is 12.7. The summed E-state index contributed by atoms with van der Waals surface area (Å²) in [6, 6.07) is 0.401. The number of aliphatic hydroxyl groups excluding tert-OH is 1. The summed E-state index contributed by atoms with van der Waals surface area (Å²) in [6.07, 6.45) is 4.11. The van der Waals surface area contributed by atoms with E-state index >= 15 is 0 Å². The molecule has 3 nitrogen and oxygen atoms in total. The molecule has 0 radical (unpaired) electrons. The lowest BCUT2D eigenvalue weighted by Crippen LogP contribution is -2.36. The van der Waals surface area contributed by atoms with Crippen molar-refractivity contribution in [2.24, 2.45) is 5.92 Å². The van der Waals surface area contributed by atoms with Crippen LogP contribution >= 0.6 is 0 Å². The van der Waals surface area contributed by atoms with Crippen LogP contribution in [0.2, 0.25) is 0 Å². The van der Waals surface area contributed by atoms with Crippen LogP contribution in [0.1, 0.15) is 26.7 Å². The van der Waals surface area contributed by atoms with Gasteiger partial charge >= 0.3 is 0 Å². The number of nitrogens with one attached hydrogen (secondary N) is 1. The van der Waals surface area contributed by atoms with Gasteiger partial charge in [0.2, 0.25) is 0 Å². The zero-order valence-corrected chi connectivity index (χ0v) is 9.83. The van der Waals surface area contributed by atoms with Crippen molar-refractivity contribution in [1.82, 2.24) is 5.32 Å². The summed E-state index contributed by atoms with van der Waals surface area (Å²) in [7, 11) is 0. The maximum atomic E-state index is 8.94. The van der Waals surface area contributed by atoms with Crippen molar-refractivity contribution < 1.29 is 9.84 Å². The Labute approximate surface area is 92.5 Å². The average molecular weight is 213 g/mol. The Hall–Kier alpha value is -0.380. The first-order valence-electron chi connectivity index (χ1n) is 5.84. The summed E-state index contributed by atoms with van der Waals surface area (Å²) in [4.78, 5) is 0. The Kier molecular flexibility index (Phi) is 5.91. The van der Waals surface area contributed by atoms with Gasteiger partial charge in [0.1, 0.15) is 0 Å². The molecule has 1 aliphatic heterocycles. The molecule has 2 N–H and O–H groups in total. The highest BCUT2D eigenvalue weighted by atomic mass is 16.5. The van der Waals surface area contributed by atoms with Gasteiger partial charge in [-0.1, -0.05) is 19.9 Å². The van der Waals surface area contributed by atoms with E-state index in [0.717, 1.165) is 32.6 Å². The van der Waals surface area contributed by atoms with Gasteiger partial charge in [-0.05, 0) is 24.3 Å². The Bertz CT molecular complexity index is 202. The highest BCUT2D eigenvalue weighted by molar-refractivity contribution is 5.07. The van der Waals surface area contributed by atoms with Gasteiger partial charge in [0.25, 0.3) is 0 Å². The standard InChI is InChI=1S/C12H23NO2/c1-10(2)12(5-6-14)13-8-11-4-3-7-15-9-11/h4,10,12-14H,3,5-9H2,1-2H3. The second kappa shape index (κ2) is 6.99. The topological polar surface area (TPSA) is 41.5 Å². The molecule has 1 heterocycles. The van der Waals surface area contributed by atoms with E-state index in [9.17, 15) is 0 Å². The van der Waals surface area contributed by atoms with Crippen LogP contribution in [0.25, 0.3) is 0 Å². The van der Waals surface area contributed by atoms with Crippen molar-refractivity contribution in [3.63, 3.8) is 0 Å². The highest BCUT2D eigenvalue weighted by Crippen LogP contribution is 2.08. The molecule has 0 saturated heterocycles. The van der Waals surface area contributed by atoms with Crippen LogP contribution in [-0.2, 0) is 4.74 Å². The normalized spacial score (nSPS) is 19.1. The molecule has 3 heteroatoms. The quantitative estimate of drug-likeness (QED) is 0.654. The van der Waals surface area contributed by atoms with E-state index in [4.69, 9.17) is 9.84 Å². The SMILES string of the molecule is CC(C)C(CCO)NCC1=CCCOC1. The zero-order valence-electron chi connectivity index (χ0n) is 9.83. The minimum absolute atomic E-state index is 0.255. The Morgan fingerprint density at radius 2 is 2.33 bits per heavy atom. The third kappa shape index (κ3) is 4.78. The molecular weight excluding hydrogens is 190 g/mol. The zero-order chi connectivity index (χ0) is 11.1. The van der Waals surface area contributed by atoms with Crippen molar-refractivity contribution in [3.8, 4) is 0 Å². The largest absolute Gasteiger partial charge is 0.396 e. The van der Waals surface area contributed by atoms with E-state index in [0.29, 0.717) is 12.0 Å². The van der Waals surface area contributed by atoms with Crippen LogP contribution in [-0.4, -0.2) is 37.5 Å². The summed E-state index contributed by atoms with van der Waals surface area (Å²) in [5.74, 6) is 0.558. The smallest absolute Gasteiger partial charge is 0.0689 e. The molecule has 88 valence electrons. The van der Waals surface area contributed by atoms with Gasteiger partial charge in [-0.2, -0.15) is 0 Å². The summed E-state index contributed by atoms with van der Waals surface area (Å²) >= 11 is 0. The number of rotatable bonds is 6. The van der Waals surface area contributed by atoms with Gasteiger partial charge in [0.15, 0.2) is 0 Å². The molecule has 0 aromatic carbocycles. The van der Waals surface area contributed by atoms with Gasteiger partial charge in [-0.15, -0.1) is 0 Å². The van der Waals surface area contributed by atoms with E-state index in [-0.39, 0.29) is 6.61 Å². The van der Waals surface area contributed by atoms with Gasteiger partial charge < -0.3 is 15.2 Å². The molecule has 0 spiro atoms. The first-order chi connectivity index (χ1) is 7.24. The van der Waals surface area contributed by atoms with Gasteiger partial charge in [0.05, 0.1) is 13.2 Å². The molecule has 1 unspecified atom stereocenters. The molecular formula is C12H23NO2. The Morgan fingerprint density at radius 1 is 1.53 bits per heavy atom. The van der Waals surface area contributed by atoms with Crippen molar-refractivity contribution in [3.05, 3.63) is 11.6 Å². The highest BCUT2D eigenvalue weighted by Gasteiger charge is 2.13. The van der Waals surface area contributed by atoms with Crippen LogP contribution in [0.4, 0.5) is 0 Å². The second-order valence-corrected chi connectivity index (χ2v) is 4.45. The molecule has 0 saturated carbocycles. The van der Waals surface area contributed by atoms with Gasteiger partial charge in [-0.3, -0.25) is 0 Å². The minimum atomic E-state index is 0.255. The van der Waals surface area contributed by atoms with Crippen LogP contribution in [0, 0.1) is 5.92 Å². The molecule has 1 rings (SSSR count). The Morgan fingerprint density at radius 3 is 2.87 bits per heavy atom. The van der Waals surface area contributed by atoms with E-state index in [1.165, 1.54) is 5.57 Å². The van der Waals surface area contributed by atoms with E-state index in [1.807, 2.05) is 0 Å². The maximum absolute atomic E-state index is 8.94. The second-order valence-electron chi connectivity index (χ2n) is 4.45. The van der Waals surface area contributed by atoms with Crippen LogP contribution in [0.15, 0.2) is 11.6 Å². The first-order valence-corrected chi connectivity index (χ1v) is 5.84. The van der Waals surface area contributed by atoms with E-state index in [2.05, 4.69) is 25.2 Å². The minimum Gasteiger partial charge on any atom is -0.396 e. The Balaban J connectivity index is 2.28. The molecule has 1 atom stereocenters. The average Bonchev–Trinajstić information content (AvgIpc) is 2.25. The summed E-state index contributed by atoms with van der Waals surface area (Å²) in [6.45, 7) is 7.12. The third-order valence-corrected chi connectivity index (χ3v) is 2.82. The predicted octanol–water partition coefficient (Wildman–Crippen LogP) is 1.33. The molecule has 0 amide bonds. The van der Waals surface area contributed by atoms with E-state index < -0.39 is 0 Å². The molecule has 0 bridgehead atoms. The number of ether oxygens (including phenoxy) is 1. The summed E-state index contributed by atoms with van der Waals surface area (Å²) < 4.78 is 5.38. The lowest BCUT2D eigenvalue weighted by atomic mass is 10.0. The summed E-state index contributed by atoms with van der Waals surface area (Å²) in [5, 5.41) is 12.4. The monoisotopic (exact) mass is 213 g/mol. The predicted molar refractivity (Wildman–Crippen MR) is 61.9 cm³/mol. The molecule has 0 aliphatic carbocycles. The molecule has 0 fully saturated rings. The lowest BCUT2D eigenvalue weighted by molar-refractivity contribution is 0.147. The van der Waals surface area contributed by atoms with Crippen molar-refractivity contribution >= 4 is 0 Å². The maximum Gasteiger partial charge on any atom is 0.0689 e. The number of hydrogen-bond donors (Lipinski definition) is 2. The fourth-order valence-electron chi connectivity index (χ4n) is 1.80. The number of aliphatic hydroxyl groups is 1. The number of hydrogen-bond acceptors (Lipinski definition) is 3. The van der Waals surface area contributed by atoms with E-state index in [1.54, 1.807) is 0 Å². The van der Waals surface area contributed by atoms with Crippen molar-refractivity contribution in [2.45, 2.75) is 32.7 Å². The van der Waals surface area contributed by atoms with Crippen LogP contribution < -0.4 is 5.32 Å². The van der Waals surface area contributed by atoms with Gasteiger partial charge in [0, 0.05) is 19.2 Å². The van der Waals surface area contributed by atoms with Crippen molar-refractivity contribution in [2.75, 3.05) is 26.4 Å². The fourth-order valence-corrected chi connectivity index (χ4v) is 1.80. The lowest BCUT2D eigenvalue weighted by Gasteiger charge is -2.23. The van der Waals surface area contributed by atoms with Crippen molar-refractivity contribution in [1.29, 1.82) is 0 Å². The van der Waals surface area contributed by atoms with Crippen LogP contribution in [0.3, 0.4) is 0 Å².